The van der Waals surface area contributed by atoms with Crippen LogP contribution in [0.15, 0.2) is 76.8 Å². The second kappa shape index (κ2) is 18.1. The Morgan fingerprint density at radius 3 is 2.19 bits per heavy atom. The number of hydrogen-bond donors (Lipinski definition) is 1. The zero-order valence-corrected chi connectivity index (χ0v) is 31.9. The highest BCUT2D eigenvalue weighted by molar-refractivity contribution is 6.48. The summed E-state index contributed by atoms with van der Waals surface area (Å²) in [6.07, 6.45) is 15.9. The molecule has 11 nitrogen and oxygen atoms in total. The van der Waals surface area contributed by atoms with Gasteiger partial charge in [-0.1, -0.05) is 78.1 Å². The first-order chi connectivity index (χ1) is 26.2. The van der Waals surface area contributed by atoms with Gasteiger partial charge >= 0.3 is 11.9 Å². The number of amides is 1. The molecule has 0 saturated carbocycles. The predicted octanol–water partition coefficient (Wildman–Crippen LogP) is 9.64. The minimum atomic E-state index is -0.757. The van der Waals surface area contributed by atoms with E-state index in [0.29, 0.717) is 29.0 Å². The molecule has 1 N–H and O–H groups in total. The highest BCUT2D eigenvalue weighted by Crippen LogP contribution is 2.27. The summed E-state index contributed by atoms with van der Waals surface area (Å²) in [7, 11) is 2.21. The number of ether oxygens (including phenoxy) is 1. The van der Waals surface area contributed by atoms with Gasteiger partial charge in [0.1, 0.15) is 5.71 Å². The fourth-order valence-electron chi connectivity index (χ4n) is 7.06. The summed E-state index contributed by atoms with van der Waals surface area (Å²) in [5, 5.41) is 12.0. The molecule has 0 fully saturated rings. The highest BCUT2D eigenvalue weighted by Gasteiger charge is 2.30. The number of carbonyl (C=O) groups is 3. The lowest BCUT2D eigenvalue weighted by Crippen LogP contribution is -2.25. The molecule has 4 aromatic rings. The number of aliphatic imine (C=N–C) groups is 1. The third kappa shape index (κ3) is 9.37. The topological polar surface area (TPSA) is 131 Å². The molecule has 2 aliphatic rings. The summed E-state index contributed by atoms with van der Waals surface area (Å²) in [5.74, 6) is -0.135. The van der Waals surface area contributed by atoms with Gasteiger partial charge in [-0.25, -0.2) is 19.6 Å². The Morgan fingerprint density at radius 2 is 1.48 bits per heavy atom. The van der Waals surface area contributed by atoms with E-state index in [1.807, 2.05) is 19.1 Å². The number of nitrogens with one attached hydrogen (secondary N) is 1. The molecule has 3 heterocycles. The van der Waals surface area contributed by atoms with Crippen LogP contribution in [0.2, 0.25) is 0 Å². The minimum Gasteiger partial charge on any atom is -0.386 e. The van der Waals surface area contributed by atoms with Crippen LogP contribution in [-0.4, -0.2) is 57.7 Å². The Morgan fingerprint density at radius 1 is 0.833 bits per heavy atom. The van der Waals surface area contributed by atoms with Crippen LogP contribution in [0.1, 0.15) is 135 Å². The van der Waals surface area contributed by atoms with Crippen LogP contribution in [0.3, 0.4) is 0 Å². The van der Waals surface area contributed by atoms with Gasteiger partial charge in [-0.3, -0.25) is 4.79 Å². The fourth-order valence-corrected chi connectivity index (χ4v) is 7.06. The monoisotopic (exact) mass is 729 g/mol. The molecule has 54 heavy (non-hydrogen) atoms. The molecule has 11 heteroatoms. The van der Waals surface area contributed by atoms with Crippen LogP contribution in [0.4, 0.5) is 17.1 Å². The molecular weight excluding hydrogens is 679 g/mol. The third-order valence-electron chi connectivity index (χ3n) is 10.2. The van der Waals surface area contributed by atoms with Crippen LogP contribution >= 0.6 is 0 Å². The van der Waals surface area contributed by atoms with Gasteiger partial charge in [0.25, 0.3) is 5.91 Å². The maximum absolute atomic E-state index is 12.9. The van der Waals surface area contributed by atoms with Crippen molar-refractivity contribution in [2.24, 2.45) is 16.0 Å². The average Bonchev–Trinajstić information content (AvgIpc) is 3.81. The van der Waals surface area contributed by atoms with E-state index in [2.05, 4.69) is 70.3 Å². The number of cyclic esters (lactones) is 2. The zero-order valence-electron chi connectivity index (χ0n) is 31.9. The van der Waals surface area contributed by atoms with Crippen molar-refractivity contribution in [1.29, 1.82) is 0 Å². The van der Waals surface area contributed by atoms with Crippen LogP contribution in [-0.2, 0) is 4.74 Å². The number of nitrogens with zero attached hydrogens (tertiary/aromatic N) is 6. The van der Waals surface area contributed by atoms with Crippen molar-refractivity contribution >= 4 is 46.3 Å². The Bertz CT molecular complexity index is 2010. The smallest absolute Gasteiger partial charge is 0.346 e. The van der Waals surface area contributed by atoms with Crippen molar-refractivity contribution in [1.82, 2.24) is 14.9 Å². The molecule has 0 aliphatic carbocycles. The molecule has 0 spiro atoms. The van der Waals surface area contributed by atoms with E-state index in [4.69, 9.17) is 9.98 Å². The Hall–Kier alpha value is -5.45. The maximum atomic E-state index is 12.9. The quantitative estimate of drug-likeness (QED) is 0.0578. The molecule has 0 saturated heterocycles. The average molecular weight is 730 g/mol. The summed E-state index contributed by atoms with van der Waals surface area (Å²) < 4.78 is 4.62. The molecule has 6 rings (SSSR count). The van der Waals surface area contributed by atoms with Gasteiger partial charge < -0.3 is 15.0 Å². The molecular formula is C43H51N7O4. The molecule has 1 amide bonds. The number of carbonyl (C=O) groups excluding carboxylic acids is 3. The van der Waals surface area contributed by atoms with Crippen molar-refractivity contribution in [3.63, 3.8) is 0 Å². The van der Waals surface area contributed by atoms with E-state index in [0.717, 1.165) is 23.5 Å². The number of fused-ring (bicyclic) bond motifs is 2. The Kier molecular flexibility index (Phi) is 12.8. The number of aromatic nitrogens is 3. The largest absolute Gasteiger partial charge is 0.386 e. The molecule has 3 aromatic carbocycles. The van der Waals surface area contributed by atoms with E-state index >= 15 is 0 Å². The van der Waals surface area contributed by atoms with Gasteiger partial charge in [0.2, 0.25) is 5.82 Å². The summed E-state index contributed by atoms with van der Waals surface area (Å²) in [6, 6.07) is 19.8. The second-order valence-corrected chi connectivity index (χ2v) is 14.4. The SMILES string of the molecule is CCCCCCCCC(CCCCCC)CN(C)c1ccc(N=C2C(C)=Nn3nc(-c4ccc(NC(=O)c5ccc6c(c5)C(=O)OC6=O)cc4)nc32)cc1. The standard InChI is InChI=1S/C43H51N7O4/c1-5-7-9-11-12-14-16-30(15-13-10-8-6-2)28-49(4)35-24-22-33(23-25-35)44-38-29(3)47-50-40(38)46-39(48-50)31-17-20-34(21-18-31)45-41(51)32-19-26-36-37(27-32)43(53)54-42(36)52/h17-27,30H,5-16,28H2,1-4H3,(H,45,51). The summed E-state index contributed by atoms with van der Waals surface area (Å²) in [5.41, 5.74) is 5.18. The van der Waals surface area contributed by atoms with Gasteiger partial charge in [0.05, 0.1) is 22.5 Å². The van der Waals surface area contributed by atoms with Crippen LogP contribution in [0.25, 0.3) is 11.4 Å². The number of unbranched alkanes of at least 4 members (excludes halogenated alkanes) is 8. The van der Waals surface area contributed by atoms with E-state index in [1.165, 1.54) is 106 Å². The molecule has 282 valence electrons. The molecule has 1 aromatic heterocycles. The van der Waals surface area contributed by atoms with Crippen molar-refractivity contribution in [2.75, 3.05) is 23.8 Å². The summed E-state index contributed by atoms with van der Waals surface area (Å²) >= 11 is 0. The fraction of sp³-hybridized carbons (Fsp3) is 0.419. The first-order valence-electron chi connectivity index (χ1n) is 19.5. The van der Waals surface area contributed by atoms with Crippen molar-refractivity contribution in [3.05, 3.63) is 89.2 Å². The Balaban J connectivity index is 1.07. The lowest BCUT2D eigenvalue weighted by molar-refractivity contribution is 0.0443. The molecule has 0 radical (unpaired) electrons. The van der Waals surface area contributed by atoms with E-state index < -0.39 is 17.8 Å². The number of anilines is 2. The van der Waals surface area contributed by atoms with Crippen LogP contribution in [0.5, 0.6) is 0 Å². The van der Waals surface area contributed by atoms with Crippen LogP contribution < -0.4 is 10.2 Å². The van der Waals surface area contributed by atoms with Crippen molar-refractivity contribution < 1.29 is 19.1 Å². The summed E-state index contributed by atoms with van der Waals surface area (Å²) in [4.78, 5) is 50.1. The number of hydrogen-bond acceptors (Lipinski definition) is 9. The highest BCUT2D eigenvalue weighted by atomic mass is 16.6. The molecule has 1 unspecified atom stereocenters. The van der Waals surface area contributed by atoms with Crippen molar-refractivity contribution in [3.8, 4) is 11.4 Å². The maximum Gasteiger partial charge on any atom is 0.346 e. The van der Waals surface area contributed by atoms with Gasteiger partial charge in [0, 0.05) is 36.1 Å². The van der Waals surface area contributed by atoms with Gasteiger partial charge in [0.15, 0.2) is 5.82 Å². The predicted molar refractivity (Wildman–Crippen MR) is 214 cm³/mol. The van der Waals surface area contributed by atoms with Crippen molar-refractivity contribution in [2.45, 2.75) is 97.8 Å². The summed E-state index contributed by atoms with van der Waals surface area (Å²) in [6.45, 7) is 7.52. The molecule has 2 aliphatic heterocycles. The molecule has 0 bridgehead atoms. The first-order valence-corrected chi connectivity index (χ1v) is 19.5. The van der Waals surface area contributed by atoms with Crippen LogP contribution in [0, 0.1) is 5.92 Å². The minimum absolute atomic E-state index is 0.0816. The molecule has 1 atom stereocenters. The van der Waals surface area contributed by atoms with E-state index in [1.54, 1.807) is 12.1 Å². The van der Waals surface area contributed by atoms with E-state index in [-0.39, 0.29) is 16.7 Å². The number of rotatable bonds is 19. The lowest BCUT2D eigenvalue weighted by atomic mass is 9.93. The zero-order chi connectivity index (χ0) is 38.0. The first kappa shape index (κ1) is 38.3. The van der Waals surface area contributed by atoms with Gasteiger partial charge in [-0.05, 0) is 92.4 Å². The van der Waals surface area contributed by atoms with E-state index in [9.17, 15) is 14.4 Å². The van der Waals surface area contributed by atoms with Gasteiger partial charge in [-0.2, -0.15) is 5.10 Å². The normalized spacial score (nSPS) is 14.5. The Labute approximate surface area is 317 Å². The lowest BCUT2D eigenvalue weighted by Gasteiger charge is -2.26. The van der Waals surface area contributed by atoms with Gasteiger partial charge in [-0.15, -0.1) is 9.89 Å². The number of esters is 2. The second-order valence-electron chi connectivity index (χ2n) is 14.4. The number of benzene rings is 3. The third-order valence-corrected chi connectivity index (χ3v) is 10.2.